The van der Waals surface area contributed by atoms with E-state index >= 15 is 0 Å². The molecule has 18 heavy (non-hydrogen) atoms. The lowest BCUT2D eigenvalue weighted by atomic mass is 10.2. The van der Waals surface area contributed by atoms with Gasteiger partial charge in [-0.3, -0.25) is 0 Å². The van der Waals surface area contributed by atoms with Gasteiger partial charge in [0.25, 0.3) is 0 Å². The smallest absolute Gasteiger partial charge is 0.203 e. The normalized spacial score (nSPS) is 10.4. The second-order valence-electron chi connectivity index (χ2n) is 3.79. The van der Waals surface area contributed by atoms with Gasteiger partial charge in [-0.1, -0.05) is 11.6 Å². The molecule has 0 bridgehead atoms. The maximum atomic E-state index is 13.6. The van der Waals surface area contributed by atoms with E-state index in [0.29, 0.717) is 16.3 Å². The Labute approximate surface area is 108 Å². The van der Waals surface area contributed by atoms with Crippen LogP contribution in [0.4, 0.5) is 14.5 Å². The standard InChI is InChI=1S/C13H10ClF2NO/c1-7-6-8(14)2-5-11(7)18-13-10(17)4-3-9(15)12(13)16/h2-6H,17H2,1H3. The number of halogens is 3. The zero-order valence-electron chi connectivity index (χ0n) is 9.51. The predicted octanol–water partition coefficient (Wildman–Crippen LogP) is 4.30. The average molecular weight is 270 g/mol. The monoisotopic (exact) mass is 269 g/mol. The van der Waals surface area contributed by atoms with Gasteiger partial charge in [0.2, 0.25) is 5.82 Å². The van der Waals surface area contributed by atoms with Crippen LogP contribution in [0.1, 0.15) is 5.56 Å². The second kappa shape index (κ2) is 4.82. The quantitative estimate of drug-likeness (QED) is 0.825. The lowest BCUT2D eigenvalue weighted by Gasteiger charge is -2.12. The maximum Gasteiger partial charge on any atom is 0.203 e. The summed E-state index contributed by atoms with van der Waals surface area (Å²) in [6, 6.07) is 7.02. The van der Waals surface area contributed by atoms with Crippen molar-refractivity contribution in [1.82, 2.24) is 0 Å². The summed E-state index contributed by atoms with van der Waals surface area (Å²) in [5.41, 5.74) is 6.29. The van der Waals surface area contributed by atoms with E-state index in [1.807, 2.05) is 0 Å². The van der Waals surface area contributed by atoms with Crippen molar-refractivity contribution in [2.24, 2.45) is 0 Å². The van der Waals surface area contributed by atoms with Crippen LogP contribution in [0, 0.1) is 18.6 Å². The maximum absolute atomic E-state index is 13.6. The van der Waals surface area contributed by atoms with Crippen LogP contribution in [0.2, 0.25) is 5.02 Å². The third kappa shape index (κ3) is 2.38. The van der Waals surface area contributed by atoms with Crippen LogP contribution in [0.3, 0.4) is 0 Å². The van der Waals surface area contributed by atoms with E-state index in [4.69, 9.17) is 22.1 Å². The fraction of sp³-hybridized carbons (Fsp3) is 0.0769. The number of nitrogen functional groups attached to an aromatic ring is 1. The van der Waals surface area contributed by atoms with Gasteiger partial charge >= 0.3 is 0 Å². The van der Waals surface area contributed by atoms with Gasteiger partial charge < -0.3 is 10.5 Å². The summed E-state index contributed by atoms with van der Waals surface area (Å²) in [4.78, 5) is 0. The van der Waals surface area contributed by atoms with Gasteiger partial charge in [-0.25, -0.2) is 4.39 Å². The summed E-state index contributed by atoms with van der Waals surface area (Å²) >= 11 is 5.79. The van der Waals surface area contributed by atoms with Crippen molar-refractivity contribution in [1.29, 1.82) is 0 Å². The van der Waals surface area contributed by atoms with Crippen LogP contribution in [-0.2, 0) is 0 Å². The highest BCUT2D eigenvalue weighted by molar-refractivity contribution is 6.30. The summed E-state index contributed by atoms with van der Waals surface area (Å²) in [7, 11) is 0. The first kappa shape index (κ1) is 12.6. The first-order valence-electron chi connectivity index (χ1n) is 5.16. The van der Waals surface area contributed by atoms with Crippen LogP contribution in [-0.4, -0.2) is 0 Å². The molecular formula is C13H10ClF2NO. The number of hydrogen-bond donors (Lipinski definition) is 1. The minimum absolute atomic E-state index is 0.0308. The predicted molar refractivity (Wildman–Crippen MR) is 67.0 cm³/mol. The van der Waals surface area contributed by atoms with Crippen LogP contribution in [0.15, 0.2) is 30.3 Å². The Morgan fingerprint density at radius 3 is 2.56 bits per heavy atom. The average Bonchev–Trinajstić information content (AvgIpc) is 2.32. The molecule has 0 fully saturated rings. The molecule has 0 aliphatic heterocycles. The molecule has 0 saturated carbocycles. The third-order valence-electron chi connectivity index (χ3n) is 2.43. The molecular weight excluding hydrogens is 260 g/mol. The SMILES string of the molecule is Cc1cc(Cl)ccc1Oc1c(N)ccc(F)c1F. The van der Waals surface area contributed by atoms with E-state index in [9.17, 15) is 8.78 Å². The number of benzene rings is 2. The van der Waals surface area contributed by atoms with E-state index in [0.717, 1.165) is 6.07 Å². The van der Waals surface area contributed by atoms with E-state index in [1.165, 1.54) is 6.07 Å². The van der Waals surface area contributed by atoms with Gasteiger partial charge in [-0.2, -0.15) is 4.39 Å². The molecule has 0 unspecified atom stereocenters. The molecule has 94 valence electrons. The van der Waals surface area contributed by atoms with Crippen molar-refractivity contribution in [3.05, 3.63) is 52.6 Å². The molecule has 0 heterocycles. The molecule has 0 atom stereocenters. The Hall–Kier alpha value is -1.81. The first-order valence-corrected chi connectivity index (χ1v) is 5.54. The molecule has 0 amide bonds. The van der Waals surface area contributed by atoms with Crippen molar-refractivity contribution in [3.8, 4) is 11.5 Å². The van der Waals surface area contributed by atoms with Crippen molar-refractivity contribution in [3.63, 3.8) is 0 Å². The molecule has 5 heteroatoms. The summed E-state index contributed by atoms with van der Waals surface area (Å²) in [6.45, 7) is 1.74. The van der Waals surface area contributed by atoms with Gasteiger partial charge in [0, 0.05) is 5.02 Å². The summed E-state index contributed by atoms with van der Waals surface area (Å²) in [5.74, 6) is -2.06. The van der Waals surface area contributed by atoms with Crippen LogP contribution < -0.4 is 10.5 Å². The van der Waals surface area contributed by atoms with E-state index in [1.54, 1.807) is 25.1 Å². The van der Waals surface area contributed by atoms with E-state index in [2.05, 4.69) is 0 Å². The molecule has 0 saturated heterocycles. The molecule has 2 rings (SSSR count). The Morgan fingerprint density at radius 1 is 1.17 bits per heavy atom. The van der Waals surface area contributed by atoms with Gasteiger partial charge in [-0.15, -0.1) is 0 Å². The van der Waals surface area contributed by atoms with E-state index < -0.39 is 11.6 Å². The van der Waals surface area contributed by atoms with E-state index in [-0.39, 0.29) is 11.4 Å². The number of rotatable bonds is 2. The number of ether oxygens (including phenoxy) is 1. The number of anilines is 1. The molecule has 2 aromatic rings. The summed E-state index contributed by atoms with van der Waals surface area (Å²) in [6.07, 6.45) is 0. The van der Waals surface area contributed by atoms with Gasteiger partial charge in [0.05, 0.1) is 5.69 Å². The molecule has 0 radical (unpaired) electrons. The fourth-order valence-corrected chi connectivity index (χ4v) is 1.71. The summed E-state index contributed by atoms with van der Waals surface area (Å²) in [5, 5.41) is 0.535. The van der Waals surface area contributed by atoms with Crippen molar-refractivity contribution < 1.29 is 13.5 Å². The molecule has 0 aliphatic carbocycles. The third-order valence-corrected chi connectivity index (χ3v) is 2.66. The molecule has 0 spiro atoms. The van der Waals surface area contributed by atoms with Gasteiger partial charge in [0.15, 0.2) is 11.6 Å². The van der Waals surface area contributed by atoms with Gasteiger partial charge in [0.1, 0.15) is 5.75 Å². The first-order chi connectivity index (χ1) is 8.49. The Morgan fingerprint density at radius 2 is 1.89 bits per heavy atom. The highest BCUT2D eigenvalue weighted by Crippen LogP contribution is 2.34. The zero-order valence-corrected chi connectivity index (χ0v) is 10.3. The van der Waals surface area contributed by atoms with Crippen LogP contribution in [0.5, 0.6) is 11.5 Å². The molecule has 2 nitrogen and oxygen atoms in total. The molecule has 0 aromatic heterocycles. The zero-order chi connectivity index (χ0) is 13.3. The fourth-order valence-electron chi connectivity index (χ4n) is 1.49. The van der Waals surface area contributed by atoms with Crippen molar-refractivity contribution >= 4 is 17.3 Å². The number of aryl methyl sites for hydroxylation is 1. The minimum Gasteiger partial charge on any atom is -0.452 e. The van der Waals surface area contributed by atoms with Crippen molar-refractivity contribution in [2.75, 3.05) is 5.73 Å². The highest BCUT2D eigenvalue weighted by atomic mass is 35.5. The highest BCUT2D eigenvalue weighted by Gasteiger charge is 2.15. The second-order valence-corrected chi connectivity index (χ2v) is 4.23. The topological polar surface area (TPSA) is 35.2 Å². The lowest BCUT2D eigenvalue weighted by molar-refractivity contribution is 0.416. The Balaban J connectivity index is 2.43. The minimum atomic E-state index is -1.11. The molecule has 2 aromatic carbocycles. The largest absolute Gasteiger partial charge is 0.452 e. The molecule has 0 aliphatic rings. The van der Waals surface area contributed by atoms with Gasteiger partial charge in [-0.05, 0) is 42.8 Å². The Kier molecular flexibility index (Phi) is 3.39. The number of hydrogen-bond acceptors (Lipinski definition) is 2. The molecule has 2 N–H and O–H groups in total. The van der Waals surface area contributed by atoms with Crippen LogP contribution >= 0.6 is 11.6 Å². The summed E-state index contributed by atoms with van der Waals surface area (Å²) < 4.78 is 32.0. The van der Waals surface area contributed by atoms with Crippen molar-refractivity contribution in [2.45, 2.75) is 6.92 Å². The number of nitrogens with two attached hydrogens (primary N) is 1. The lowest BCUT2D eigenvalue weighted by Crippen LogP contribution is -1.98. The Bertz CT molecular complexity index is 602. The van der Waals surface area contributed by atoms with Crippen LogP contribution in [0.25, 0.3) is 0 Å².